The van der Waals surface area contributed by atoms with Crippen molar-refractivity contribution in [2.45, 2.75) is 59.3 Å². The van der Waals surface area contributed by atoms with Crippen molar-refractivity contribution >= 4 is 24.2 Å². The van der Waals surface area contributed by atoms with Crippen molar-refractivity contribution < 1.29 is 0 Å². The van der Waals surface area contributed by atoms with E-state index in [1.165, 1.54) is 38.5 Å². The Hall–Kier alpha value is 0.910. The number of unbranched alkanes of at least 4 members (excludes halogenated alkanes) is 3. The second kappa shape index (κ2) is 11.4. The Morgan fingerprint density at radius 2 is 0.933 bits per heavy atom. The van der Waals surface area contributed by atoms with Crippen molar-refractivity contribution in [1.82, 2.24) is 0 Å². The van der Waals surface area contributed by atoms with Crippen LogP contribution in [0.2, 0.25) is 0 Å². The van der Waals surface area contributed by atoms with E-state index in [2.05, 4.69) is 27.4 Å². The molecule has 0 aromatic heterocycles. The number of rotatable bonds is 9. The first kappa shape index (κ1) is 18.3. The monoisotopic (exact) mass is 297 g/mol. The van der Waals surface area contributed by atoms with Crippen molar-refractivity contribution in [3.63, 3.8) is 0 Å². The van der Waals surface area contributed by atoms with Gasteiger partial charge in [0.1, 0.15) is 0 Å². The highest BCUT2D eigenvalue weighted by Gasteiger charge is 2.28. The second-order valence-corrected chi connectivity index (χ2v) is 9.43. The third-order valence-electron chi connectivity index (χ3n) is 3.15. The lowest BCUT2D eigenvalue weighted by Gasteiger charge is -2.22. The molecule has 0 spiro atoms. The number of hydrogen-bond acceptors (Lipinski definition) is 0. The zero-order valence-corrected chi connectivity index (χ0v) is 13.8. The van der Waals surface area contributed by atoms with Gasteiger partial charge in [0, 0.05) is 13.9 Å². The van der Waals surface area contributed by atoms with Gasteiger partial charge in [0.2, 0.25) is 0 Å². The van der Waals surface area contributed by atoms with Gasteiger partial charge in [-0.1, -0.05) is 40.0 Å². The van der Waals surface area contributed by atoms with Crippen LogP contribution in [0.25, 0.3) is 0 Å². The van der Waals surface area contributed by atoms with Gasteiger partial charge in [-0.05, 0) is 19.3 Å². The van der Waals surface area contributed by atoms with Crippen LogP contribution in [0.1, 0.15) is 59.3 Å². The smallest absolute Gasteiger partial charge is 0.0591 e. The predicted octanol–water partition coefficient (Wildman–Crippen LogP) is 5.61. The molecule has 0 saturated carbocycles. The fourth-order valence-electron chi connectivity index (χ4n) is 1.95. The molecule has 0 unspecified atom stereocenters. The van der Waals surface area contributed by atoms with Crippen LogP contribution in [-0.2, 0) is 0 Å². The molecule has 0 bridgehead atoms. The summed E-state index contributed by atoms with van der Waals surface area (Å²) in [7, 11) is -0.519. The van der Waals surface area contributed by atoms with Gasteiger partial charge in [-0.15, -0.1) is 17.0 Å². The molecule has 0 radical (unpaired) electrons. The average molecular weight is 298 g/mol. The zero-order chi connectivity index (χ0) is 10.9. The van der Waals surface area contributed by atoms with Crippen LogP contribution in [0.3, 0.4) is 0 Å². The molecule has 0 aromatic rings. The number of halogens is 1. The average Bonchev–Trinajstić information content (AvgIpc) is 2.21. The van der Waals surface area contributed by atoms with Crippen molar-refractivity contribution in [3.8, 4) is 0 Å². The Bertz CT molecular complexity index is 104. The van der Waals surface area contributed by atoms with Crippen LogP contribution in [0.4, 0.5) is 0 Å². The van der Waals surface area contributed by atoms with E-state index in [0.29, 0.717) is 0 Å². The first-order valence-electron chi connectivity index (χ1n) is 6.52. The molecule has 0 atom stereocenters. The Morgan fingerprint density at radius 1 is 0.667 bits per heavy atom. The minimum Gasteiger partial charge on any atom is -0.114 e. The highest BCUT2D eigenvalue weighted by molar-refractivity contribution is 8.93. The SMILES string of the molecule is Br.CCCC[P+](C)(CCCC)CCCC. The van der Waals surface area contributed by atoms with E-state index in [9.17, 15) is 0 Å². The van der Waals surface area contributed by atoms with E-state index >= 15 is 0 Å². The first-order chi connectivity index (χ1) is 6.68. The summed E-state index contributed by atoms with van der Waals surface area (Å²) in [4.78, 5) is 0. The van der Waals surface area contributed by atoms with Crippen molar-refractivity contribution in [1.29, 1.82) is 0 Å². The maximum absolute atomic E-state index is 2.62. The van der Waals surface area contributed by atoms with Gasteiger partial charge in [-0.3, -0.25) is 0 Å². The zero-order valence-electron chi connectivity index (χ0n) is 11.2. The highest BCUT2D eigenvalue weighted by atomic mass is 79.9. The molecule has 15 heavy (non-hydrogen) atoms. The van der Waals surface area contributed by atoms with Crippen LogP contribution in [0.5, 0.6) is 0 Å². The summed E-state index contributed by atoms with van der Waals surface area (Å²) in [5.41, 5.74) is 0. The minimum absolute atomic E-state index is 0. The molecule has 2 heteroatoms. The molecule has 0 fully saturated rings. The highest BCUT2D eigenvalue weighted by Crippen LogP contribution is 2.57. The lowest BCUT2D eigenvalue weighted by atomic mass is 10.4. The summed E-state index contributed by atoms with van der Waals surface area (Å²) < 4.78 is 0. The maximum Gasteiger partial charge on any atom is 0.0591 e. The van der Waals surface area contributed by atoms with E-state index in [1.54, 1.807) is 18.5 Å². The fourth-order valence-corrected chi connectivity index (χ4v) is 5.86. The van der Waals surface area contributed by atoms with E-state index in [1.807, 2.05) is 0 Å². The van der Waals surface area contributed by atoms with Crippen molar-refractivity contribution in [2.75, 3.05) is 25.2 Å². The molecule has 0 heterocycles. The molecule has 94 valence electrons. The molecular formula is C13H31BrP+. The topological polar surface area (TPSA) is 0 Å². The van der Waals surface area contributed by atoms with Crippen LogP contribution >= 0.6 is 24.2 Å². The molecule has 0 aliphatic carbocycles. The third-order valence-corrected chi connectivity index (χ3v) is 7.34. The minimum atomic E-state index is -0.519. The molecule has 0 nitrogen and oxygen atoms in total. The van der Waals surface area contributed by atoms with Crippen molar-refractivity contribution in [2.24, 2.45) is 0 Å². The second-order valence-electron chi connectivity index (χ2n) is 4.85. The quantitative estimate of drug-likeness (QED) is 0.485. The summed E-state index contributed by atoms with van der Waals surface area (Å²) in [6.07, 6.45) is 13.2. The van der Waals surface area contributed by atoms with Gasteiger partial charge in [-0.25, -0.2) is 0 Å². The van der Waals surface area contributed by atoms with Gasteiger partial charge in [0.15, 0.2) is 0 Å². The Kier molecular flexibility index (Phi) is 13.9. The van der Waals surface area contributed by atoms with E-state index in [4.69, 9.17) is 0 Å². The number of hydrogen-bond donors (Lipinski definition) is 0. The van der Waals surface area contributed by atoms with E-state index in [-0.39, 0.29) is 17.0 Å². The largest absolute Gasteiger partial charge is 0.114 e. The molecule has 0 N–H and O–H groups in total. The summed E-state index contributed by atoms with van der Waals surface area (Å²) in [5.74, 6) is 0. The van der Waals surface area contributed by atoms with Gasteiger partial charge >= 0.3 is 0 Å². The lowest BCUT2D eigenvalue weighted by molar-refractivity contribution is 0.838. The summed E-state index contributed by atoms with van der Waals surface area (Å²) in [5, 5.41) is 0. The molecular weight excluding hydrogens is 267 g/mol. The normalized spacial score (nSPS) is 11.2. The van der Waals surface area contributed by atoms with Crippen LogP contribution in [0, 0.1) is 0 Å². The van der Waals surface area contributed by atoms with E-state index < -0.39 is 7.26 Å². The Balaban J connectivity index is 0. The van der Waals surface area contributed by atoms with Gasteiger partial charge in [0.05, 0.1) is 18.5 Å². The summed E-state index contributed by atoms with van der Waals surface area (Å²) >= 11 is 0. The van der Waals surface area contributed by atoms with Gasteiger partial charge < -0.3 is 0 Å². The third kappa shape index (κ3) is 9.82. The maximum atomic E-state index is 2.62. The molecule has 0 aliphatic rings. The van der Waals surface area contributed by atoms with Crippen LogP contribution < -0.4 is 0 Å². The van der Waals surface area contributed by atoms with E-state index in [0.717, 1.165) is 0 Å². The standard InChI is InChI=1S/C13H30P.BrH/c1-5-8-11-14(4,12-9-6-2)13-10-7-3;/h5-13H2,1-4H3;1H/q+1;. The van der Waals surface area contributed by atoms with Crippen molar-refractivity contribution in [3.05, 3.63) is 0 Å². The molecule has 0 saturated heterocycles. The van der Waals surface area contributed by atoms with Crippen LogP contribution in [-0.4, -0.2) is 25.2 Å². The fraction of sp³-hybridized carbons (Fsp3) is 1.00. The molecule has 0 rings (SSSR count). The van der Waals surface area contributed by atoms with Crippen LogP contribution in [0.15, 0.2) is 0 Å². The van der Waals surface area contributed by atoms with Gasteiger partial charge in [0.25, 0.3) is 0 Å². The molecule has 0 aliphatic heterocycles. The Labute approximate surface area is 109 Å². The lowest BCUT2D eigenvalue weighted by Crippen LogP contribution is -2.07. The molecule has 0 aromatic carbocycles. The summed E-state index contributed by atoms with van der Waals surface area (Å²) in [6.45, 7) is 9.59. The summed E-state index contributed by atoms with van der Waals surface area (Å²) in [6, 6.07) is 0. The van der Waals surface area contributed by atoms with Gasteiger partial charge in [-0.2, -0.15) is 0 Å². The first-order valence-corrected chi connectivity index (χ1v) is 9.31. The molecule has 0 amide bonds. The predicted molar refractivity (Wildman–Crippen MR) is 82.5 cm³/mol. The Morgan fingerprint density at radius 3 is 1.13 bits per heavy atom.